The number of aromatic nitrogens is 6. The van der Waals surface area contributed by atoms with Gasteiger partial charge in [0.25, 0.3) is 5.91 Å². The lowest BCUT2D eigenvalue weighted by molar-refractivity contribution is 0.102. The number of amides is 1. The average molecular weight is 347 g/mol. The number of nitrogens with zero attached hydrogens (tertiary/aromatic N) is 5. The fraction of sp³-hybridized carbons (Fsp3) is 0.167. The van der Waals surface area contributed by atoms with Crippen molar-refractivity contribution in [3.8, 4) is 11.5 Å². The molecule has 0 aliphatic heterocycles. The first-order valence-corrected chi connectivity index (χ1v) is 8.12. The van der Waals surface area contributed by atoms with E-state index < -0.39 is 0 Å². The second-order valence-corrected chi connectivity index (χ2v) is 6.13. The summed E-state index contributed by atoms with van der Waals surface area (Å²) in [6.45, 7) is 5.77. The van der Waals surface area contributed by atoms with Crippen LogP contribution in [0.3, 0.4) is 0 Å². The number of rotatable bonds is 3. The number of anilines is 1. The fourth-order valence-electron chi connectivity index (χ4n) is 2.78. The Labute approximate surface area is 149 Å². The monoisotopic (exact) mass is 347 g/mol. The Morgan fingerprint density at radius 3 is 2.65 bits per heavy atom. The Balaban J connectivity index is 1.59. The molecule has 0 atom stereocenters. The van der Waals surface area contributed by atoms with E-state index in [1.807, 2.05) is 26.8 Å². The van der Waals surface area contributed by atoms with Gasteiger partial charge in [-0.1, -0.05) is 0 Å². The molecule has 4 rings (SSSR count). The molecule has 0 aliphatic rings. The van der Waals surface area contributed by atoms with Crippen LogP contribution in [0.5, 0.6) is 0 Å². The van der Waals surface area contributed by atoms with Gasteiger partial charge in [0.15, 0.2) is 17.2 Å². The molecule has 0 saturated heterocycles. The van der Waals surface area contributed by atoms with Gasteiger partial charge in [-0.05, 0) is 39.0 Å². The highest BCUT2D eigenvalue weighted by Crippen LogP contribution is 2.17. The number of H-pyrrole nitrogens is 1. The molecular formula is C18H17N7O. The third-order valence-electron chi connectivity index (χ3n) is 4.00. The van der Waals surface area contributed by atoms with E-state index in [2.05, 4.69) is 30.2 Å². The van der Waals surface area contributed by atoms with Crippen LogP contribution in [0.15, 0.2) is 36.9 Å². The Kier molecular flexibility index (Phi) is 3.72. The van der Waals surface area contributed by atoms with Crippen molar-refractivity contribution in [2.24, 2.45) is 0 Å². The number of fused-ring (bicyclic) bond motifs is 1. The van der Waals surface area contributed by atoms with Crippen molar-refractivity contribution >= 4 is 17.2 Å². The number of carbonyl (C=O) groups is 1. The van der Waals surface area contributed by atoms with Crippen molar-refractivity contribution < 1.29 is 4.79 Å². The topological polar surface area (TPSA) is 101 Å². The summed E-state index contributed by atoms with van der Waals surface area (Å²) in [7, 11) is 0. The van der Waals surface area contributed by atoms with Crippen molar-refractivity contribution in [1.29, 1.82) is 0 Å². The molecule has 0 fully saturated rings. The summed E-state index contributed by atoms with van der Waals surface area (Å²) < 4.78 is 1.79. The first kappa shape index (κ1) is 15.9. The van der Waals surface area contributed by atoms with Crippen LogP contribution in [-0.4, -0.2) is 35.2 Å². The number of pyridine rings is 1. The molecule has 0 unspecified atom stereocenters. The summed E-state index contributed by atoms with van der Waals surface area (Å²) in [5.41, 5.74) is 4.87. The van der Waals surface area contributed by atoms with Gasteiger partial charge in [-0.3, -0.25) is 14.2 Å². The van der Waals surface area contributed by atoms with Crippen LogP contribution >= 0.6 is 0 Å². The largest absolute Gasteiger partial charge is 0.341 e. The lowest BCUT2D eigenvalue weighted by Crippen LogP contribution is -2.13. The molecule has 8 heteroatoms. The molecule has 1 amide bonds. The molecule has 130 valence electrons. The highest BCUT2D eigenvalue weighted by molar-refractivity contribution is 6.06. The predicted octanol–water partition coefficient (Wildman–Crippen LogP) is 2.69. The summed E-state index contributed by atoms with van der Waals surface area (Å²) in [6, 6.07) is 5.52. The molecule has 2 N–H and O–H groups in total. The molecule has 8 nitrogen and oxygen atoms in total. The van der Waals surface area contributed by atoms with Crippen molar-refractivity contribution in [3.05, 3.63) is 59.7 Å². The number of aryl methyl sites for hydroxylation is 3. The summed E-state index contributed by atoms with van der Waals surface area (Å²) in [5.74, 6) is 0.365. The maximum atomic E-state index is 12.6. The minimum absolute atomic E-state index is 0.280. The Hall–Kier alpha value is -3.55. The Morgan fingerprint density at radius 2 is 1.96 bits per heavy atom. The molecule has 4 aromatic rings. The van der Waals surface area contributed by atoms with E-state index in [0.717, 1.165) is 17.1 Å². The quantitative estimate of drug-likeness (QED) is 0.593. The van der Waals surface area contributed by atoms with E-state index in [1.165, 1.54) is 0 Å². The van der Waals surface area contributed by atoms with Crippen LogP contribution in [0.4, 0.5) is 5.69 Å². The van der Waals surface area contributed by atoms with E-state index in [9.17, 15) is 4.79 Å². The molecule has 26 heavy (non-hydrogen) atoms. The fourth-order valence-corrected chi connectivity index (χ4v) is 2.78. The zero-order valence-electron chi connectivity index (χ0n) is 14.6. The zero-order chi connectivity index (χ0) is 18.3. The van der Waals surface area contributed by atoms with E-state index in [-0.39, 0.29) is 11.6 Å². The zero-order valence-corrected chi connectivity index (χ0v) is 14.6. The molecule has 0 spiro atoms. The van der Waals surface area contributed by atoms with Crippen molar-refractivity contribution in [2.75, 3.05) is 5.32 Å². The Bertz CT molecular complexity index is 1110. The van der Waals surface area contributed by atoms with Crippen molar-refractivity contribution in [3.63, 3.8) is 0 Å². The lowest BCUT2D eigenvalue weighted by Gasteiger charge is -2.05. The molecule has 0 saturated carbocycles. The normalized spacial score (nSPS) is 11.0. The highest BCUT2D eigenvalue weighted by atomic mass is 16.1. The van der Waals surface area contributed by atoms with E-state index in [4.69, 9.17) is 0 Å². The number of hydrogen-bond donors (Lipinski definition) is 2. The molecule has 0 aliphatic carbocycles. The molecule has 0 bridgehead atoms. The number of aromatic amines is 1. The standard InChI is InChI=1S/C18H17N7O/c1-10-6-12(3)25-9-21-15(17(25)23-10)18(26)24-13-4-5-14(19-8-13)16-20-7-11(2)22-16/h4-9H,1-3H3,(H,20,22)(H,24,26). The van der Waals surface area contributed by atoms with Gasteiger partial charge in [0.2, 0.25) is 0 Å². The second-order valence-electron chi connectivity index (χ2n) is 6.13. The van der Waals surface area contributed by atoms with Gasteiger partial charge in [-0.2, -0.15) is 0 Å². The summed E-state index contributed by atoms with van der Waals surface area (Å²) in [4.78, 5) is 32.9. The predicted molar refractivity (Wildman–Crippen MR) is 97.0 cm³/mol. The van der Waals surface area contributed by atoms with Gasteiger partial charge in [-0.15, -0.1) is 0 Å². The second kappa shape index (κ2) is 6.07. The van der Waals surface area contributed by atoms with Gasteiger partial charge in [0, 0.05) is 23.3 Å². The van der Waals surface area contributed by atoms with Crippen molar-refractivity contribution in [1.82, 2.24) is 29.3 Å². The summed E-state index contributed by atoms with van der Waals surface area (Å²) >= 11 is 0. The van der Waals surface area contributed by atoms with Crippen LogP contribution < -0.4 is 5.32 Å². The van der Waals surface area contributed by atoms with Gasteiger partial charge in [0.1, 0.15) is 12.0 Å². The number of carbonyl (C=O) groups excluding carboxylic acids is 1. The van der Waals surface area contributed by atoms with E-state index in [1.54, 1.807) is 35.3 Å². The van der Waals surface area contributed by atoms with Crippen LogP contribution in [0.25, 0.3) is 17.2 Å². The minimum atomic E-state index is -0.326. The minimum Gasteiger partial charge on any atom is -0.341 e. The van der Waals surface area contributed by atoms with Gasteiger partial charge >= 0.3 is 0 Å². The number of hydrogen-bond acceptors (Lipinski definition) is 5. The van der Waals surface area contributed by atoms with Crippen LogP contribution in [0, 0.1) is 20.8 Å². The van der Waals surface area contributed by atoms with Crippen molar-refractivity contribution in [2.45, 2.75) is 20.8 Å². The molecular weight excluding hydrogens is 330 g/mol. The molecule has 0 radical (unpaired) electrons. The smallest absolute Gasteiger partial charge is 0.278 e. The summed E-state index contributed by atoms with van der Waals surface area (Å²) in [6.07, 6.45) is 4.94. The van der Waals surface area contributed by atoms with Gasteiger partial charge < -0.3 is 10.3 Å². The first-order valence-electron chi connectivity index (χ1n) is 8.12. The van der Waals surface area contributed by atoms with Gasteiger partial charge in [-0.25, -0.2) is 15.0 Å². The molecule has 4 heterocycles. The average Bonchev–Trinajstić information content (AvgIpc) is 3.22. The SMILES string of the molecule is Cc1cc(C)n2cnc(C(=O)Nc3ccc(-c4ncc(C)[nH]4)nc3)c2n1. The van der Waals surface area contributed by atoms with Crippen LogP contribution in [0.2, 0.25) is 0 Å². The highest BCUT2D eigenvalue weighted by Gasteiger charge is 2.16. The van der Waals surface area contributed by atoms with E-state index in [0.29, 0.717) is 22.9 Å². The molecule has 0 aromatic carbocycles. The maximum Gasteiger partial charge on any atom is 0.278 e. The number of nitrogens with one attached hydrogen (secondary N) is 2. The summed E-state index contributed by atoms with van der Waals surface area (Å²) in [5, 5.41) is 2.81. The first-order chi connectivity index (χ1) is 12.5. The lowest BCUT2D eigenvalue weighted by atomic mass is 10.3. The van der Waals surface area contributed by atoms with Gasteiger partial charge in [0.05, 0.1) is 11.9 Å². The molecule has 4 aromatic heterocycles. The third kappa shape index (κ3) is 2.81. The third-order valence-corrected chi connectivity index (χ3v) is 4.00. The Morgan fingerprint density at radius 1 is 1.12 bits per heavy atom. The maximum absolute atomic E-state index is 12.6. The van der Waals surface area contributed by atoms with Crippen LogP contribution in [0.1, 0.15) is 27.6 Å². The van der Waals surface area contributed by atoms with E-state index >= 15 is 0 Å². The van der Waals surface area contributed by atoms with Crippen LogP contribution in [-0.2, 0) is 0 Å². The number of imidazole rings is 2.